The van der Waals surface area contributed by atoms with Crippen molar-refractivity contribution in [3.05, 3.63) is 50.2 Å². The Labute approximate surface area is 155 Å². The van der Waals surface area contributed by atoms with Crippen molar-refractivity contribution in [1.82, 2.24) is 14.8 Å². The molecule has 5 rings (SSSR count). The summed E-state index contributed by atoms with van der Waals surface area (Å²) in [6.45, 7) is 3.95. The zero-order valence-corrected chi connectivity index (χ0v) is 15.3. The van der Waals surface area contributed by atoms with E-state index in [0.717, 1.165) is 4.88 Å². The fourth-order valence-electron chi connectivity index (χ4n) is 3.51. The number of H-pyrrole nitrogens is 2. The first-order chi connectivity index (χ1) is 13.0. The van der Waals surface area contributed by atoms with Crippen LogP contribution < -0.4 is 11.0 Å². The summed E-state index contributed by atoms with van der Waals surface area (Å²) < 4.78 is 7.69. The normalized spacial score (nSPS) is 12.1. The molecule has 5 aromatic rings. The predicted octanol–water partition coefficient (Wildman–Crippen LogP) is 3.93. The van der Waals surface area contributed by atoms with Crippen LogP contribution in [0.15, 0.2) is 43.7 Å². The van der Waals surface area contributed by atoms with Gasteiger partial charge in [-0.05, 0) is 37.4 Å². The van der Waals surface area contributed by atoms with Gasteiger partial charge in [0.25, 0.3) is 5.56 Å². The minimum Gasteiger partial charge on any atom is -0.502 e. The second-order valence-electron chi connectivity index (χ2n) is 6.70. The Balaban J connectivity index is 2.10. The summed E-state index contributed by atoms with van der Waals surface area (Å²) in [6, 6.07) is 6.77. The van der Waals surface area contributed by atoms with E-state index in [-0.39, 0.29) is 17.2 Å². The third-order valence-electron chi connectivity index (χ3n) is 4.73. The standard InChI is InChI=1S/C19H15N3O4S/c1-8(2)22-18-13(19(25)21-22)12(11-4-3-7-27-11)17-14(20-18)9-5-6-10(23)15(24)16(9)26-17/h3-8,20,24H,1-2H3,(H,21,25). The first-order valence-electron chi connectivity index (χ1n) is 8.46. The smallest absolute Gasteiger partial charge is 0.274 e. The first kappa shape index (κ1) is 16.0. The topological polar surface area (TPSA) is 104 Å². The number of thiophene rings is 1. The second kappa shape index (κ2) is 5.37. The minimum atomic E-state index is -0.506. The lowest BCUT2D eigenvalue weighted by atomic mass is 10.1. The van der Waals surface area contributed by atoms with Crippen molar-refractivity contribution >= 4 is 44.4 Å². The molecular weight excluding hydrogens is 366 g/mol. The van der Waals surface area contributed by atoms with Gasteiger partial charge in [0.05, 0.1) is 16.5 Å². The van der Waals surface area contributed by atoms with Gasteiger partial charge in [0, 0.05) is 16.3 Å². The number of pyridine rings is 1. The molecule has 0 unspecified atom stereocenters. The molecule has 0 amide bonds. The summed E-state index contributed by atoms with van der Waals surface area (Å²) >= 11 is 1.49. The van der Waals surface area contributed by atoms with E-state index in [2.05, 4.69) is 10.1 Å². The fraction of sp³-hybridized carbons (Fsp3) is 0.158. The van der Waals surface area contributed by atoms with Gasteiger partial charge in [-0.1, -0.05) is 6.07 Å². The molecule has 0 spiro atoms. The maximum absolute atomic E-state index is 12.8. The average Bonchev–Trinajstić information content (AvgIpc) is 3.35. The van der Waals surface area contributed by atoms with E-state index in [9.17, 15) is 14.7 Å². The molecule has 0 saturated carbocycles. The van der Waals surface area contributed by atoms with Crippen molar-refractivity contribution in [2.75, 3.05) is 0 Å². The number of rotatable bonds is 2. The highest BCUT2D eigenvalue weighted by molar-refractivity contribution is 7.13. The van der Waals surface area contributed by atoms with Gasteiger partial charge in [0.15, 0.2) is 11.2 Å². The van der Waals surface area contributed by atoms with Crippen molar-refractivity contribution in [1.29, 1.82) is 0 Å². The number of aromatic nitrogens is 3. The van der Waals surface area contributed by atoms with Gasteiger partial charge in [-0.3, -0.25) is 19.4 Å². The van der Waals surface area contributed by atoms with Gasteiger partial charge in [0.2, 0.25) is 11.2 Å². The van der Waals surface area contributed by atoms with E-state index in [1.54, 1.807) is 10.7 Å². The molecule has 7 nitrogen and oxygen atoms in total. The van der Waals surface area contributed by atoms with Crippen molar-refractivity contribution in [3.63, 3.8) is 0 Å². The van der Waals surface area contributed by atoms with Gasteiger partial charge >= 0.3 is 0 Å². The SMILES string of the molecule is CC(C)n1[nH]c(=O)c2c(-c3cccs3)c3oc4c(O)c(=O)ccc4c3[nH]c21. The van der Waals surface area contributed by atoms with Gasteiger partial charge < -0.3 is 14.5 Å². The number of fused-ring (bicyclic) bond motifs is 4. The van der Waals surface area contributed by atoms with E-state index in [1.165, 1.54) is 17.4 Å². The molecule has 0 aliphatic heterocycles. The van der Waals surface area contributed by atoms with Crippen LogP contribution in [0.5, 0.6) is 5.75 Å². The van der Waals surface area contributed by atoms with Crippen LogP contribution in [0.3, 0.4) is 0 Å². The number of aromatic amines is 2. The van der Waals surface area contributed by atoms with Crippen molar-refractivity contribution in [2.45, 2.75) is 19.9 Å². The molecule has 0 aliphatic carbocycles. The zero-order valence-electron chi connectivity index (χ0n) is 14.5. The molecular formula is C19H15N3O4S. The van der Waals surface area contributed by atoms with Crippen LogP contribution in [0, 0.1) is 0 Å². The fourth-order valence-corrected chi connectivity index (χ4v) is 4.28. The number of nitrogens with zero attached hydrogens (tertiary/aromatic N) is 1. The summed E-state index contributed by atoms with van der Waals surface area (Å²) in [5.74, 6) is -0.431. The molecule has 0 radical (unpaired) electrons. The molecule has 0 atom stereocenters. The number of nitrogens with one attached hydrogen (secondary N) is 2. The highest BCUT2D eigenvalue weighted by Gasteiger charge is 2.24. The Bertz CT molecular complexity index is 1450. The summed E-state index contributed by atoms with van der Waals surface area (Å²) in [4.78, 5) is 28.7. The van der Waals surface area contributed by atoms with Crippen molar-refractivity contribution in [3.8, 4) is 16.2 Å². The van der Waals surface area contributed by atoms with Crippen LogP contribution in [-0.4, -0.2) is 19.9 Å². The minimum absolute atomic E-state index is 0.0277. The number of phenols is 1. The summed E-state index contributed by atoms with van der Waals surface area (Å²) in [6.07, 6.45) is 0. The van der Waals surface area contributed by atoms with Crippen LogP contribution in [0.2, 0.25) is 0 Å². The predicted molar refractivity (Wildman–Crippen MR) is 106 cm³/mol. The quantitative estimate of drug-likeness (QED) is 0.431. The Kier molecular flexibility index (Phi) is 3.17. The highest BCUT2D eigenvalue weighted by atomic mass is 32.1. The lowest BCUT2D eigenvalue weighted by Crippen LogP contribution is -2.07. The number of benzene rings is 1. The maximum atomic E-state index is 12.8. The van der Waals surface area contributed by atoms with Gasteiger partial charge in [-0.25, -0.2) is 0 Å². The molecule has 4 heterocycles. The van der Waals surface area contributed by atoms with Crippen LogP contribution in [0.25, 0.3) is 43.5 Å². The summed E-state index contributed by atoms with van der Waals surface area (Å²) in [5, 5.41) is 16.1. The van der Waals surface area contributed by atoms with Crippen molar-refractivity contribution < 1.29 is 9.52 Å². The summed E-state index contributed by atoms with van der Waals surface area (Å²) in [5.41, 5.74) is 1.74. The molecule has 136 valence electrons. The average molecular weight is 381 g/mol. The Morgan fingerprint density at radius 3 is 2.70 bits per heavy atom. The van der Waals surface area contributed by atoms with E-state index >= 15 is 0 Å². The van der Waals surface area contributed by atoms with Crippen LogP contribution in [0.1, 0.15) is 19.9 Å². The molecule has 1 aromatic carbocycles. The molecule has 0 bridgehead atoms. The van der Waals surface area contributed by atoms with E-state index < -0.39 is 11.2 Å². The van der Waals surface area contributed by atoms with Crippen LogP contribution in [-0.2, 0) is 0 Å². The first-order valence-corrected chi connectivity index (χ1v) is 9.34. The number of hydrogen-bond acceptors (Lipinski definition) is 5. The second-order valence-corrected chi connectivity index (χ2v) is 7.65. The van der Waals surface area contributed by atoms with E-state index in [4.69, 9.17) is 4.42 Å². The number of hydrogen-bond donors (Lipinski definition) is 3. The van der Waals surface area contributed by atoms with Crippen LogP contribution in [0.4, 0.5) is 0 Å². The lowest BCUT2D eigenvalue weighted by molar-refractivity contribution is 0.464. The highest BCUT2D eigenvalue weighted by Crippen LogP contribution is 2.41. The molecule has 8 heteroatoms. The van der Waals surface area contributed by atoms with Crippen LogP contribution >= 0.6 is 11.3 Å². The Hall–Kier alpha value is -3.26. The Morgan fingerprint density at radius 1 is 1.19 bits per heavy atom. The van der Waals surface area contributed by atoms with Crippen molar-refractivity contribution in [2.24, 2.45) is 0 Å². The molecule has 3 N–H and O–H groups in total. The third-order valence-corrected chi connectivity index (χ3v) is 5.61. The largest absolute Gasteiger partial charge is 0.502 e. The molecule has 0 aliphatic rings. The van der Waals surface area contributed by atoms with E-state index in [0.29, 0.717) is 33.1 Å². The molecule has 4 aromatic heterocycles. The monoisotopic (exact) mass is 381 g/mol. The van der Waals surface area contributed by atoms with Gasteiger partial charge in [-0.15, -0.1) is 11.3 Å². The van der Waals surface area contributed by atoms with E-state index in [1.807, 2.05) is 31.4 Å². The van der Waals surface area contributed by atoms with Gasteiger partial charge in [-0.2, -0.15) is 0 Å². The summed E-state index contributed by atoms with van der Waals surface area (Å²) in [7, 11) is 0. The number of furan rings is 1. The van der Waals surface area contributed by atoms with Gasteiger partial charge in [0.1, 0.15) is 5.65 Å². The maximum Gasteiger partial charge on any atom is 0.274 e. The molecule has 0 saturated heterocycles. The molecule has 0 fully saturated rings. The number of phenolic OH excluding ortho intramolecular Hbond substituents is 1. The number of aromatic hydroxyl groups is 1. The zero-order chi connectivity index (χ0) is 18.9. The molecule has 27 heavy (non-hydrogen) atoms. The lowest BCUT2D eigenvalue weighted by Gasteiger charge is -2.09. The third kappa shape index (κ3) is 2.07. The Morgan fingerprint density at radius 2 is 2.00 bits per heavy atom.